The highest BCUT2D eigenvalue weighted by molar-refractivity contribution is 6.09. The normalized spacial score (nSPS) is 34.0. The molecule has 0 saturated carbocycles. The minimum Gasteiger partial charge on any atom is -0.507 e. The molecule has 2 aliphatic rings. The standard InChI is InChI=1S/C28H34O13/c1-38-14-8-5-13(6-9-14)7-10-17(32)20-15(3-2-4-16(20)31)26-23(35)24(36)27(19(12-30)39-26)41-28-25(37)22(34)21(33)18(11-29)40-28/h2-10,18-19,21-31,33-37H,11-12H2,1H3/t18-,19-,21-,22+,23-,24-,25-,26+,27-,28+/m1/s1. The van der Waals surface area contributed by atoms with E-state index in [-0.39, 0.29) is 11.1 Å². The SMILES string of the molecule is COc1ccc(C=CC(=O)c2c(O)cccc2[C@@H]2O[C@H](CO)[C@@H](O[C@@H]3O[C@H](CO)[C@@H](O)[C@H](O)[C@H]3O)[C@H](O)[C@H]2O)cc1. The number of methoxy groups -OCH3 is 1. The summed E-state index contributed by atoms with van der Waals surface area (Å²) in [6.45, 7) is -1.47. The van der Waals surface area contributed by atoms with Gasteiger partial charge in [-0.2, -0.15) is 0 Å². The molecule has 10 atom stereocenters. The molecule has 8 N–H and O–H groups in total. The van der Waals surface area contributed by atoms with Crippen LogP contribution >= 0.6 is 0 Å². The van der Waals surface area contributed by atoms with Crippen LogP contribution in [0.2, 0.25) is 0 Å². The number of rotatable bonds is 9. The molecular weight excluding hydrogens is 544 g/mol. The van der Waals surface area contributed by atoms with E-state index < -0.39 is 86.0 Å². The first-order chi connectivity index (χ1) is 19.6. The molecule has 2 saturated heterocycles. The number of benzene rings is 2. The van der Waals surface area contributed by atoms with Gasteiger partial charge in [-0.25, -0.2) is 0 Å². The van der Waals surface area contributed by atoms with Crippen molar-refractivity contribution in [2.45, 2.75) is 61.2 Å². The molecule has 0 aliphatic carbocycles. The fourth-order valence-electron chi connectivity index (χ4n) is 4.88. The maximum absolute atomic E-state index is 13.2. The van der Waals surface area contributed by atoms with Crippen molar-refractivity contribution in [2.75, 3.05) is 20.3 Å². The number of carbonyl (C=O) groups is 1. The van der Waals surface area contributed by atoms with Crippen molar-refractivity contribution >= 4 is 11.9 Å². The lowest BCUT2D eigenvalue weighted by Gasteiger charge is -2.46. The van der Waals surface area contributed by atoms with Crippen LogP contribution in [0.1, 0.15) is 27.6 Å². The van der Waals surface area contributed by atoms with Crippen LogP contribution in [0.5, 0.6) is 11.5 Å². The van der Waals surface area contributed by atoms with Gasteiger partial charge in [-0.05, 0) is 35.4 Å². The predicted molar refractivity (Wildman–Crippen MR) is 140 cm³/mol. The molecule has 2 aromatic carbocycles. The number of carbonyl (C=O) groups excluding carboxylic acids is 1. The van der Waals surface area contributed by atoms with Gasteiger partial charge in [-0.3, -0.25) is 4.79 Å². The molecule has 224 valence electrons. The molecule has 2 fully saturated rings. The van der Waals surface area contributed by atoms with Crippen LogP contribution in [0.3, 0.4) is 0 Å². The van der Waals surface area contributed by atoms with Crippen LogP contribution in [-0.4, -0.2) is 122 Å². The van der Waals surface area contributed by atoms with Gasteiger partial charge in [-0.1, -0.05) is 30.3 Å². The van der Waals surface area contributed by atoms with E-state index in [9.17, 15) is 45.6 Å². The Bertz CT molecular complexity index is 1200. The van der Waals surface area contributed by atoms with E-state index >= 15 is 0 Å². The zero-order valence-electron chi connectivity index (χ0n) is 22.0. The van der Waals surface area contributed by atoms with Crippen molar-refractivity contribution in [1.29, 1.82) is 0 Å². The number of hydrogen-bond acceptors (Lipinski definition) is 13. The molecule has 2 heterocycles. The Morgan fingerprint density at radius 3 is 2.17 bits per heavy atom. The topological polar surface area (TPSA) is 216 Å². The summed E-state index contributed by atoms with van der Waals surface area (Å²) in [5, 5.41) is 82.4. The molecule has 0 spiro atoms. The van der Waals surface area contributed by atoms with Gasteiger partial charge in [0.25, 0.3) is 0 Å². The van der Waals surface area contributed by atoms with Gasteiger partial charge in [-0.15, -0.1) is 0 Å². The highest BCUT2D eigenvalue weighted by Gasteiger charge is 2.51. The van der Waals surface area contributed by atoms with Crippen molar-refractivity contribution in [3.8, 4) is 11.5 Å². The Morgan fingerprint density at radius 2 is 1.54 bits per heavy atom. The molecule has 41 heavy (non-hydrogen) atoms. The molecule has 13 heteroatoms. The summed E-state index contributed by atoms with van der Waals surface area (Å²) in [5.74, 6) is -0.400. The number of allylic oxidation sites excluding steroid dienone is 1. The number of hydrogen-bond donors (Lipinski definition) is 8. The molecule has 0 aromatic heterocycles. The quantitative estimate of drug-likeness (QED) is 0.128. The van der Waals surface area contributed by atoms with E-state index in [0.717, 1.165) is 0 Å². The average Bonchev–Trinajstić information content (AvgIpc) is 2.98. The average molecular weight is 579 g/mol. The lowest BCUT2D eigenvalue weighted by molar-refractivity contribution is -0.342. The third-order valence-corrected chi connectivity index (χ3v) is 7.17. The zero-order chi connectivity index (χ0) is 29.8. The lowest BCUT2D eigenvalue weighted by atomic mass is 9.87. The number of aliphatic hydroxyl groups excluding tert-OH is 7. The van der Waals surface area contributed by atoms with E-state index in [1.165, 1.54) is 37.5 Å². The highest BCUT2D eigenvalue weighted by atomic mass is 16.7. The second-order valence-corrected chi connectivity index (χ2v) is 9.77. The molecule has 0 unspecified atom stereocenters. The number of aromatic hydroxyl groups is 1. The first-order valence-corrected chi connectivity index (χ1v) is 12.9. The first-order valence-electron chi connectivity index (χ1n) is 12.9. The number of ether oxygens (including phenoxy) is 4. The van der Waals surface area contributed by atoms with Crippen molar-refractivity contribution in [1.82, 2.24) is 0 Å². The smallest absolute Gasteiger partial charge is 0.189 e. The van der Waals surface area contributed by atoms with Gasteiger partial charge >= 0.3 is 0 Å². The molecule has 0 radical (unpaired) electrons. The summed E-state index contributed by atoms with van der Waals surface area (Å²) in [6, 6.07) is 11.0. The van der Waals surface area contributed by atoms with Crippen molar-refractivity contribution in [2.24, 2.45) is 0 Å². The maximum atomic E-state index is 13.2. The van der Waals surface area contributed by atoms with E-state index in [4.69, 9.17) is 18.9 Å². The summed E-state index contributed by atoms with van der Waals surface area (Å²) in [5.41, 5.74) is 0.512. The highest BCUT2D eigenvalue weighted by Crippen LogP contribution is 2.39. The Labute approximate surface area is 235 Å². The third-order valence-electron chi connectivity index (χ3n) is 7.17. The number of phenols is 1. The molecule has 0 amide bonds. The summed E-state index contributed by atoms with van der Waals surface area (Å²) < 4.78 is 21.9. The summed E-state index contributed by atoms with van der Waals surface area (Å²) in [7, 11) is 1.53. The second-order valence-electron chi connectivity index (χ2n) is 9.77. The minimum atomic E-state index is -1.80. The van der Waals surface area contributed by atoms with Gasteiger partial charge in [0, 0.05) is 0 Å². The number of phenolic OH excluding ortho intramolecular Hbond substituents is 1. The fourth-order valence-corrected chi connectivity index (χ4v) is 4.88. The molecule has 2 aliphatic heterocycles. The molecule has 0 bridgehead atoms. The van der Waals surface area contributed by atoms with Crippen LogP contribution in [0.15, 0.2) is 48.5 Å². The summed E-state index contributed by atoms with van der Waals surface area (Å²) in [4.78, 5) is 13.2. The van der Waals surface area contributed by atoms with Gasteiger partial charge in [0.2, 0.25) is 0 Å². The van der Waals surface area contributed by atoms with Crippen molar-refractivity contribution in [3.05, 3.63) is 65.2 Å². The Kier molecular flexibility index (Phi) is 10.1. The molecule has 2 aromatic rings. The van der Waals surface area contributed by atoms with E-state index in [1.54, 1.807) is 24.3 Å². The Balaban J connectivity index is 1.57. The fraction of sp³-hybridized carbons (Fsp3) is 0.464. The van der Waals surface area contributed by atoms with Crippen LogP contribution in [0, 0.1) is 0 Å². The summed E-state index contributed by atoms with van der Waals surface area (Å²) in [6.07, 6.45) is -13.2. The molecule has 4 rings (SSSR count). The third kappa shape index (κ3) is 6.44. The zero-order valence-corrected chi connectivity index (χ0v) is 22.0. The Morgan fingerprint density at radius 1 is 0.854 bits per heavy atom. The molecular formula is C28H34O13. The maximum Gasteiger partial charge on any atom is 0.189 e. The van der Waals surface area contributed by atoms with Crippen LogP contribution in [-0.2, 0) is 14.2 Å². The lowest BCUT2D eigenvalue weighted by Crippen LogP contribution is -2.63. The van der Waals surface area contributed by atoms with Crippen molar-refractivity contribution in [3.63, 3.8) is 0 Å². The van der Waals surface area contributed by atoms with Crippen LogP contribution in [0.25, 0.3) is 6.08 Å². The van der Waals surface area contributed by atoms with E-state index in [1.807, 2.05) is 0 Å². The van der Waals surface area contributed by atoms with Crippen LogP contribution < -0.4 is 4.74 Å². The van der Waals surface area contributed by atoms with Gasteiger partial charge < -0.3 is 59.8 Å². The largest absolute Gasteiger partial charge is 0.507 e. The first kappa shape index (κ1) is 31.0. The summed E-state index contributed by atoms with van der Waals surface area (Å²) >= 11 is 0. The Hall–Kier alpha value is -2.95. The van der Waals surface area contributed by atoms with Gasteiger partial charge in [0.1, 0.15) is 66.4 Å². The molecule has 13 nitrogen and oxygen atoms in total. The monoisotopic (exact) mass is 578 g/mol. The van der Waals surface area contributed by atoms with Gasteiger partial charge in [0.15, 0.2) is 12.1 Å². The van der Waals surface area contributed by atoms with Crippen LogP contribution in [0.4, 0.5) is 0 Å². The predicted octanol–water partition coefficient (Wildman–Crippen LogP) is -1.36. The second kappa shape index (κ2) is 13.4. The number of aliphatic hydroxyl groups is 7. The van der Waals surface area contributed by atoms with Crippen molar-refractivity contribution < 1.29 is 64.6 Å². The van der Waals surface area contributed by atoms with Gasteiger partial charge in [0.05, 0.1) is 25.9 Å². The van der Waals surface area contributed by atoms with E-state index in [2.05, 4.69) is 0 Å². The van der Waals surface area contributed by atoms with E-state index in [0.29, 0.717) is 11.3 Å². The minimum absolute atomic E-state index is 0.0330. The number of ketones is 1.